The molecule has 4 N–H and O–H groups in total. The predicted molar refractivity (Wildman–Crippen MR) is 177 cm³/mol. The topological polar surface area (TPSA) is 127 Å². The average molecular weight is 646 g/mol. The van der Waals surface area contributed by atoms with Crippen molar-refractivity contribution in [2.24, 2.45) is 29.6 Å². The normalized spacial score (nSPS) is 38.4. The van der Waals surface area contributed by atoms with Crippen LogP contribution in [0.4, 0.5) is 0 Å². The lowest BCUT2D eigenvalue weighted by Gasteiger charge is -2.47. The van der Waals surface area contributed by atoms with E-state index in [1.54, 1.807) is 7.11 Å². The van der Waals surface area contributed by atoms with E-state index < -0.39 is 5.97 Å². The molecule has 10 nitrogen and oxygen atoms in total. The van der Waals surface area contributed by atoms with E-state index in [2.05, 4.69) is 29.8 Å². The van der Waals surface area contributed by atoms with Crippen molar-refractivity contribution in [1.29, 1.82) is 0 Å². The van der Waals surface area contributed by atoms with Crippen LogP contribution in [0.15, 0.2) is 4.79 Å². The minimum Gasteiger partial charge on any atom is -0.481 e. The number of nitrogens with one attached hydrogen (secondary N) is 3. The number of rotatable bonds is 10. The first kappa shape index (κ1) is 33.4. The van der Waals surface area contributed by atoms with Crippen molar-refractivity contribution < 1.29 is 19.4 Å². The van der Waals surface area contributed by atoms with E-state index in [1.807, 2.05) is 23.3 Å². The zero-order valence-corrected chi connectivity index (χ0v) is 28.4. The minimum atomic E-state index is -0.677. The van der Waals surface area contributed by atoms with Crippen molar-refractivity contribution in [2.45, 2.75) is 121 Å². The molecular weight excluding hydrogens is 590 g/mol. The molecule has 2 aliphatic carbocycles. The lowest BCUT2D eigenvalue weighted by atomic mass is 9.68. The SMILES string of the molecule is COC1CC(CNC2CCc3nc(C)n(CCOC4CCC(C)CC4C4CC(C)NC5C(C(=O)O)CSC45)c(=O)c3C2)CCN1. The fourth-order valence-corrected chi connectivity index (χ4v) is 10.9. The standard InChI is InChI=1S/C34H55N5O5S/c1-19-5-8-29(24(13-19)25-14-20(2)37-31-27(34(41)42)18-45-32(25)31)44-12-11-39-21(3)38-28-7-6-23(16-26(28)33(39)40)36-17-22-9-10-35-30(15-22)43-4/h19-20,22-25,27,29-32,35-37H,5-18H2,1-4H3,(H,41,42). The Morgan fingerprint density at radius 1 is 1.16 bits per heavy atom. The van der Waals surface area contributed by atoms with Crippen molar-refractivity contribution in [3.63, 3.8) is 0 Å². The fourth-order valence-electron chi connectivity index (χ4n) is 9.10. The number of carboxylic acids is 1. The van der Waals surface area contributed by atoms with Crippen LogP contribution in [0.1, 0.15) is 75.9 Å². The Balaban J connectivity index is 1.08. The van der Waals surface area contributed by atoms with E-state index in [0.29, 0.717) is 59.9 Å². The average Bonchev–Trinajstić information content (AvgIpc) is 3.46. The van der Waals surface area contributed by atoms with Crippen LogP contribution >= 0.6 is 11.8 Å². The fraction of sp³-hybridized carbons (Fsp3) is 0.853. The third kappa shape index (κ3) is 7.49. The highest BCUT2D eigenvalue weighted by atomic mass is 32.2. The van der Waals surface area contributed by atoms with Crippen LogP contribution < -0.4 is 21.5 Å². The molecule has 0 spiro atoms. The number of aromatic nitrogens is 2. The second-order valence-electron chi connectivity index (χ2n) is 14.7. The van der Waals surface area contributed by atoms with Crippen molar-refractivity contribution in [3.8, 4) is 0 Å². The Morgan fingerprint density at radius 3 is 2.80 bits per heavy atom. The molecule has 5 aliphatic rings. The van der Waals surface area contributed by atoms with E-state index in [-0.39, 0.29) is 29.9 Å². The summed E-state index contributed by atoms with van der Waals surface area (Å²) < 4.78 is 14.1. The molecule has 11 unspecified atom stereocenters. The van der Waals surface area contributed by atoms with E-state index in [4.69, 9.17) is 14.5 Å². The van der Waals surface area contributed by atoms with Crippen molar-refractivity contribution in [1.82, 2.24) is 25.5 Å². The molecule has 4 fully saturated rings. The van der Waals surface area contributed by atoms with Crippen LogP contribution in [0, 0.1) is 36.5 Å². The molecule has 6 rings (SSSR count). The molecule has 0 aromatic carbocycles. The Morgan fingerprint density at radius 2 is 2.00 bits per heavy atom. The maximum Gasteiger partial charge on any atom is 0.308 e. The second kappa shape index (κ2) is 14.7. The van der Waals surface area contributed by atoms with Gasteiger partial charge in [0.05, 0.1) is 30.9 Å². The third-order valence-corrected chi connectivity index (χ3v) is 13.1. The van der Waals surface area contributed by atoms with Gasteiger partial charge >= 0.3 is 5.97 Å². The first-order valence-corrected chi connectivity index (χ1v) is 18.6. The summed E-state index contributed by atoms with van der Waals surface area (Å²) in [5, 5.41) is 21.0. The van der Waals surface area contributed by atoms with Crippen LogP contribution in [0.25, 0.3) is 0 Å². The van der Waals surface area contributed by atoms with Gasteiger partial charge in [-0.2, -0.15) is 11.8 Å². The van der Waals surface area contributed by atoms with Crippen molar-refractivity contribution in [3.05, 3.63) is 27.4 Å². The van der Waals surface area contributed by atoms with Gasteiger partial charge in [0, 0.05) is 41.8 Å². The molecule has 0 amide bonds. The number of hydrogen-bond donors (Lipinski definition) is 4. The van der Waals surface area contributed by atoms with Gasteiger partial charge in [0.2, 0.25) is 0 Å². The number of hydrogen-bond acceptors (Lipinski definition) is 9. The summed E-state index contributed by atoms with van der Waals surface area (Å²) >= 11 is 1.85. The van der Waals surface area contributed by atoms with E-state index >= 15 is 0 Å². The first-order valence-electron chi connectivity index (χ1n) is 17.5. The van der Waals surface area contributed by atoms with Gasteiger partial charge in [-0.3, -0.25) is 19.5 Å². The number of thioether (sulfide) groups is 1. The molecule has 1 aromatic rings. The molecule has 1 saturated carbocycles. The number of nitrogens with zero attached hydrogens (tertiary/aromatic N) is 2. The molecule has 11 heteroatoms. The maximum atomic E-state index is 13.8. The number of fused-ring (bicyclic) bond motifs is 2. The van der Waals surface area contributed by atoms with Crippen molar-refractivity contribution >= 4 is 17.7 Å². The largest absolute Gasteiger partial charge is 0.481 e. The molecule has 11 atom stereocenters. The summed E-state index contributed by atoms with van der Waals surface area (Å²) in [5.74, 6) is 2.55. The van der Waals surface area contributed by atoms with E-state index in [1.165, 1.54) is 0 Å². The smallest absolute Gasteiger partial charge is 0.308 e. The summed E-state index contributed by atoms with van der Waals surface area (Å²) in [4.78, 5) is 30.7. The van der Waals surface area contributed by atoms with E-state index in [0.717, 1.165) is 88.0 Å². The number of ether oxygens (including phenoxy) is 2. The van der Waals surface area contributed by atoms with Crippen LogP contribution in [-0.4, -0.2) is 88.9 Å². The lowest BCUT2D eigenvalue weighted by molar-refractivity contribution is -0.142. The number of methoxy groups -OCH3 is 1. The molecule has 45 heavy (non-hydrogen) atoms. The van der Waals surface area contributed by atoms with Crippen molar-refractivity contribution in [2.75, 3.05) is 32.6 Å². The van der Waals surface area contributed by atoms with Gasteiger partial charge in [-0.25, -0.2) is 4.98 Å². The highest BCUT2D eigenvalue weighted by Gasteiger charge is 2.51. The van der Waals surface area contributed by atoms with Crippen LogP contribution in [0.5, 0.6) is 0 Å². The number of piperidine rings is 2. The molecule has 252 valence electrons. The first-order chi connectivity index (χ1) is 21.7. The Labute approximate surface area is 272 Å². The summed E-state index contributed by atoms with van der Waals surface area (Å²) in [6, 6.07) is 0.630. The van der Waals surface area contributed by atoms with Crippen LogP contribution in [0.3, 0.4) is 0 Å². The molecule has 3 saturated heterocycles. The third-order valence-electron chi connectivity index (χ3n) is 11.6. The summed E-state index contributed by atoms with van der Waals surface area (Å²) in [6.07, 6.45) is 9.38. The number of carbonyl (C=O) groups is 1. The number of aryl methyl sites for hydroxylation is 2. The van der Waals surface area contributed by atoms with E-state index in [9.17, 15) is 14.7 Å². The zero-order chi connectivity index (χ0) is 31.7. The zero-order valence-electron chi connectivity index (χ0n) is 27.6. The van der Waals surface area contributed by atoms with Gasteiger partial charge < -0.3 is 25.2 Å². The van der Waals surface area contributed by atoms with Crippen LogP contribution in [-0.2, 0) is 33.7 Å². The quantitative estimate of drug-likeness (QED) is 0.302. The molecule has 3 aliphatic heterocycles. The molecule has 0 bridgehead atoms. The van der Waals surface area contributed by atoms with Gasteiger partial charge in [0.1, 0.15) is 12.1 Å². The molecule has 4 heterocycles. The summed E-state index contributed by atoms with van der Waals surface area (Å²) in [7, 11) is 1.76. The highest BCUT2D eigenvalue weighted by molar-refractivity contribution is 8.00. The van der Waals surface area contributed by atoms with Gasteiger partial charge in [-0.15, -0.1) is 0 Å². The number of carboxylic acid groups (broad SMARTS) is 1. The number of aliphatic carboxylic acids is 1. The van der Waals surface area contributed by atoms with Gasteiger partial charge in [-0.1, -0.05) is 6.92 Å². The maximum absolute atomic E-state index is 13.8. The Hall–Kier alpha value is -1.50. The van der Waals surface area contributed by atoms with Gasteiger partial charge in [0.25, 0.3) is 5.56 Å². The monoisotopic (exact) mass is 645 g/mol. The second-order valence-corrected chi connectivity index (χ2v) is 15.9. The minimum absolute atomic E-state index is 0.0298. The molecule has 1 aromatic heterocycles. The van der Waals surface area contributed by atoms with Crippen LogP contribution in [0.2, 0.25) is 0 Å². The summed E-state index contributed by atoms with van der Waals surface area (Å²) in [5.41, 5.74) is 1.94. The van der Waals surface area contributed by atoms with Gasteiger partial charge in [-0.05, 0) is 108 Å². The Bertz CT molecular complexity index is 1250. The molecular formula is C34H55N5O5S. The summed E-state index contributed by atoms with van der Waals surface area (Å²) in [6.45, 7) is 9.45. The lowest BCUT2D eigenvalue weighted by Crippen LogP contribution is -2.57. The van der Waals surface area contributed by atoms with Gasteiger partial charge in [0.15, 0.2) is 0 Å². The highest BCUT2D eigenvalue weighted by Crippen LogP contribution is 2.48. The molecule has 0 radical (unpaired) electrons. The predicted octanol–water partition coefficient (Wildman–Crippen LogP) is 2.97. The Kier molecular flexibility index (Phi) is 10.9.